The minimum absolute atomic E-state index is 0.140. The molecule has 0 aliphatic carbocycles. The minimum Gasteiger partial charge on any atom is -0.367 e. The Bertz CT molecular complexity index is 1020. The van der Waals surface area contributed by atoms with E-state index in [0.29, 0.717) is 11.0 Å². The van der Waals surface area contributed by atoms with Crippen LogP contribution in [0.15, 0.2) is 18.2 Å². The molecule has 4 rings (SSSR count). The predicted octanol–water partition coefficient (Wildman–Crippen LogP) is 3.02. The summed E-state index contributed by atoms with van der Waals surface area (Å²) in [5, 5.41) is 8.25. The van der Waals surface area contributed by atoms with Crippen molar-refractivity contribution in [3.8, 4) is 6.07 Å². The molecule has 2 amide bonds. The van der Waals surface area contributed by atoms with Crippen molar-refractivity contribution in [2.45, 2.75) is 37.6 Å². The van der Waals surface area contributed by atoms with E-state index in [2.05, 4.69) is 0 Å². The van der Waals surface area contributed by atoms with Crippen molar-refractivity contribution in [2.24, 2.45) is 17.8 Å². The molecule has 0 aromatic heterocycles. The number of carbonyl (C=O) groups excluding carboxylic acids is 3. The smallest absolute Gasteiger partial charge is 0.367 e. The van der Waals surface area contributed by atoms with Crippen LogP contribution in [0.1, 0.15) is 31.4 Å². The third-order valence-corrected chi connectivity index (χ3v) is 6.56. The molecule has 2 bridgehead atoms. The van der Waals surface area contributed by atoms with Gasteiger partial charge in [0, 0.05) is 0 Å². The van der Waals surface area contributed by atoms with Crippen molar-refractivity contribution in [1.82, 2.24) is 0 Å². The van der Waals surface area contributed by atoms with E-state index in [1.807, 2.05) is 0 Å². The molecular weight excluding hydrogens is 413 g/mol. The van der Waals surface area contributed by atoms with E-state index in [-0.39, 0.29) is 12.1 Å². The standard InChI is InChI=1S/C19H14ClF3N2O4/c1-17-6-11(14(20)26)18(2,29-17)13-12(17)15(27)25(16(13)28)9-4-3-8(7-24)10(5-9)19(21,22)23/h3-5,11-13H,6H2,1-2H3/t11-,12+,13-,17?,18?/m1/s1. The maximum absolute atomic E-state index is 13.3. The number of imide groups is 1. The first kappa shape index (κ1) is 19.9. The summed E-state index contributed by atoms with van der Waals surface area (Å²) in [6, 6.07) is 4.12. The molecule has 3 saturated heterocycles. The third kappa shape index (κ3) is 2.49. The van der Waals surface area contributed by atoms with Gasteiger partial charge in [0.2, 0.25) is 17.1 Å². The third-order valence-electron chi connectivity index (χ3n) is 6.30. The second-order valence-electron chi connectivity index (χ2n) is 7.97. The number of fused-ring (bicyclic) bond motifs is 5. The molecule has 3 fully saturated rings. The van der Waals surface area contributed by atoms with Gasteiger partial charge >= 0.3 is 6.18 Å². The van der Waals surface area contributed by atoms with E-state index < -0.39 is 63.3 Å². The lowest BCUT2D eigenvalue weighted by molar-refractivity contribution is -0.138. The molecule has 1 aromatic rings. The summed E-state index contributed by atoms with van der Waals surface area (Å²) in [6.07, 6.45) is -4.69. The van der Waals surface area contributed by atoms with Crippen LogP contribution >= 0.6 is 11.6 Å². The number of alkyl halides is 3. The highest BCUT2D eigenvalue weighted by atomic mass is 35.5. The number of halogens is 4. The Morgan fingerprint density at radius 3 is 2.45 bits per heavy atom. The van der Waals surface area contributed by atoms with Crippen molar-refractivity contribution < 1.29 is 32.3 Å². The van der Waals surface area contributed by atoms with Gasteiger partial charge in [0.15, 0.2) is 0 Å². The number of anilines is 1. The molecule has 3 aliphatic rings. The van der Waals surface area contributed by atoms with E-state index in [1.165, 1.54) is 13.0 Å². The monoisotopic (exact) mass is 426 g/mol. The Balaban J connectivity index is 1.81. The molecule has 10 heteroatoms. The Kier molecular flexibility index (Phi) is 3.97. The summed E-state index contributed by atoms with van der Waals surface area (Å²) < 4.78 is 45.9. The highest BCUT2D eigenvalue weighted by molar-refractivity contribution is 6.64. The van der Waals surface area contributed by atoms with E-state index in [4.69, 9.17) is 21.6 Å². The fraction of sp³-hybridized carbons (Fsp3) is 0.474. The van der Waals surface area contributed by atoms with Gasteiger partial charge in [-0.2, -0.15) is 18.4 Å². The quantitative estimate of drug-likeness (QED) is 0.536. The van der Waals surface area contributed by atoms with Crippen LogP contribution in [0.3, 0.4) is 0 Å². The van der Waals surface area contributed by atoms with Gasteiger partial charge in [0.1, 0.15) is 0 Å². The van der Waals surface area contributed by atoms with Crippen molar-refractivity contribution in [3.05, 3.63) is 29.3 Å². The molecular formula is C19H14ClF3N2O4. The number of amides is 2. The summed E-state index contributed by atoms with van der Waals surface area (Å²) in [5.74, 6) is -4.21. The van der Waals surface area contributed by atoms with Crippen LogP contribution in [-0.4, -0.2) is 28.3 Å². The maximum atomic E-state index is 13.3. The van der Waals surface area contributed by atoms with Crippen molar-refractivity contribution in [1.29, 1.82) is 5.26 Å². The molecule has 0 saturated carbocycles. The molecule has 6 nitrogen and oxygen atoms in total. The van der Waals surface area contributed by atoms with Crippen molar-refractivity contribution in [2.75, 3.05) is 4.90 Å². The molecule has 152 valence electrons. The van der Waals surface area contributed by atoms with Gasteiger partial charge < -0.3 is 4.74 Å². The maximum Gasteiger partial charge on any atom is 0.417 e. The topological polar surface area (TPSA) is 87.5 Å². The van der Waals surface area contributed by atoms with Gasteiger partial charge in [-0.1, -0.05) is 0 Å². The van der Waals surface area contributed by atoms with Gasteiger partial charge in [-0.25, -0.2) is 4.90 Å². The Hall–Kier alpha value is -2.44. The second-order valence-corrected chi connectivity index (χ2v) is 8.34. The Morgan fingerprint density at radius 1 is 1.28 bits per heavy atom. The molecule has 0 radical (unpaired) electrons. The normalized spacial score (nSPS) is 35.8. The Morgan fingerprint density at radius 2 is 1.90 bits per heavy atom. The largest absolute Gasteiger partial charge is 0.417 e. The van der Waals surface area contributed by atoms with Crippen LogP contribution < -0.4 is 4.90 Å². The molecule has 29 heavy (non-hydrogen) atoms. The zero-order valence-electron chi connectivity index (χ0n) is 15.2. The SMILES string of the molecule is CC12C[C@H](C(=O)Cl)C(C)(O1)[C@H]1C(=O)N(c3ccc(C#N)c(C(F)(F)F)c3)C(=O)[C@H]12. The molecule has 2 unspecified atom stereocenters. The number of nitriles is 1. The van der Waals surface area contributed by atoms with E-state index in [1.54, 1.807) is 6.92 Å². The fourth-order valence-electron chi connectivity index (χ4n) is 5.12. The number of hydrogen-bond acceptors (Lipinski definition) is 5. The first-order chi connectivity index (χ1) is 13.3. The van der Waals surface area contributed by atoms with Gasteiger partial charge in [0.05, 0.1) is 51.8 Å². The number of benzene rings is 1. The zero-order valence-corrected chi connectivity index (χ0v) is 16.0. The lowest BCUT2D eigenvalue weighted by Gasteiger charge is -2.33. The van der Waals surface area contributed by atoms with Gasteiger partial charge in [-0.3, -0.25) is 14.4 Å². The summed E-state index contributed by atoms with van der Waals surface area (Å²) in [7, 11) is 0. The van der Waals surface area contributed by atoms with Crippen LogP contribution in [0.5, 0.6) is 0 Å². The van der Waals surface area contributed by atoms with Crippen molar-refractivity contribution >= 4 is 34.3 Å². The van der Waals surface area contributed by atoms with E-state index >= 15 is 0 Å². The molecule has 1 aromatic carbocycles. The predicted molar refractivity (Wildman–Crippen MR) is 92.5 cm³/mol. The molecule has 3 aliphatic heterocycles. The lowest BCUT2D eigenvalue weighted by atomic mass is 9.64. The molecule has 0 N–H and O–H groups in total. The van der Waals surface area contributed by atoms with Crippen LogP contribution in [-0.2, 0) is 25.3 Å². The van der Waals surface area contributed by atoms with Crippen LogP contribution in [0.25, 0.3) is 0 Å². The number of ether oxygens (including phenoxy) is 1. The van der Waals surface area contributed by atoms with E-state index in [9.17, 15) is 27.6 Å². The first-order valence-electron chi connectivity index (χ1n) is 8.74. The van der Waals surface area contributed by atoms with Crippen LogP contribution in [0, 0.1) is 29.1 Å². The summed E-state index contributed by atoms with van der Waals surface area (Å²) in [6.45, 7) is 3.13. The Labute approximate surface area is 168 Å². The number of rotatable bonds is 2. The highest BCUT2D eigenvalue weighted by Crippen LogP contribution is 2.63. The first-order valence-corrected chi connectivity index (χ1v) is 9.11. The summed E-state index contributed by atoms with van der Waals surface area (Å²) in [4.78, 5) is 38.8. The second kappa shape index (κ2) is 5.80. The van der Waals surface area contributed by atoms with Crippen molar-refractivity contribution in [3.63, 3.8) is 0 Å². The minimum atomic E-state index is -4.83. The molecule has 3 heterocycles. The average Bonchev–Trinajstić information content (AvgIpc) is 3.15. The van der Waals surface area contributed by atoms with E-state index in [0.717, 1.165) is 12.1 Å². The van der Waals surface area contributed by atoms with Gasteiger partial charge in [-0.05, 0) is 50.1 Å². The molecule has 0 spiro atoms. The number of nitrogens with zero attached hydrogens (tertiary/aromatic N) is 2. The summed E-state index contributed by atoms with van der Waals surface area (Å²) in [5.41, 5.74) is -4.58. The van der Waals surface area contributed by atoms with Gasteiger partial charge in [-0.15, -0.1) is 0 Å². The van der Waals surface area contributed by atoms with Crippen LogP contribution in [0.4, 0.5) is 18.9 Å². The zero-order chi connectivity index (χ0) is 21.5. The highest BCUT2D eigenvalue weighted by Gasteiger charge is 2.76. The number of hydrogen-bond donors (Lipinski definition) is 0. The summed E-state index contributed by atoms with van der Waals surface area (Å²) >= 11 is 5.68. The van der Waals surface area contributed by atoms with Crippen LogP contribution in [0.2, 0.25) is 0 Å². The average molecular weight is 427 g/mol. The van der Waals surface area contributed by atoms with Gasteiger partial charge in [0.25, 0.3) is 0 Å². The fourth-order valence-corrected chi connectivity index (χ4v) is 5.41. The lowest BCUT2D eigenvalue weighted by Crippen LogP contribution is -2.48. The molecule has 5 atom stereocenters. The number of carbonyl (C=O) groups is 3.